The fourth-order valence-corrected chi connectivity index (χ4v) is 2.83. The smallest absolute Gasteiger partial charge is 0.274 e. The van der Waals surface area contributed by atoms with Crippen molar-refractivity contribution in [3.63, 3.8) is 0 Å². The number of carbonyl (C=O) groups is 1. The van der Waals surface area contributed by atoms with E-state index in [0.29, 0.717) is 18.4 Å². The van der Waals surface area contributed by atoms with Gasteiger partial charge in [0.1, 0.15) is 6.61 Å². The molecule has 1 N–H and O–H groups in total. The van der Waals surface area contributed by atoms with Crippen LogP contribution < -0.4 is 5.32 Å². The number of ether oxygens (including phenoxy) is 1. The van der Waals surface area contributed by atoms with Crippen LogP contribution in [0.5, 0.6) is 0 Å². The van der Waals surface area contributed by atoms with Crippen molar-refractivity contribution in [2.75, 3.05) is 7.11 Å². The molecule has 0 saturated carbocycles. The first-order chi connectivity index (χ1) is 11.1. The fourth-order valence-electron chi connectivity index (χ4n) is 2.83. The van der Waals surface area contributed by atoms with Crippen molar-refractivity contribution in [3.8, 4) is 0 Å². The molecule has 1 atom stereocenters. The number of methoxy groups -OCH3 is 1. The highest BCUT2D eigenvalue weighted by molar-refractivity contribution is 5.92. The third-order valence-corrected chi connectivity index (χ3v) is 4.02. The lowest BCUT2D eigenvalue weighted by Crippen LogP contribution is -2.31. The number of hydrogen-bond acceptors (Lipinski definition) is 5. The third kappa shape index (κ3) is 3.29. The number of aryl methyl sites for hydroxylation is 1. The second-order valence-electron chi connectivity index (χ2n) is 6.14. The summed E-state index contributed by atoms with van der Waals surface area (Å²) in [5, 5.41) is 11.5. The molecule has 23 heavy (non-hydrogen) atoms. The van der Waals surface area contributed by atoms with Crippen LogP contribution in [0.25, 0.3) is 0 Å². The summed E-state index contributed by atoms with van der Waals surface area (Å²) in [6, 6.07) is 1.84. The van der Waals surface area contributed by atoms with Gasteiger partial charge in [0.15, 0.2) is 11.5 Å². The molecule has 2 aromatic heterocycles. The van der Waals surface area contributed by atoms with Gasteiger partial charge in [0, 0.05) is 25.4 Å². The van der Waals surface area contributed by atoms with Crippen molar-refractivity contribution in [1.29, 1.82) is 0 Å². The maximum Gasteiger partial charge on any atom is 0.274 e. The zero-order valence-corrected chi connectivity index (χ0v) is 13.7. The molecule has 0 saturated heterocycles. The average Bonchev–Trinajstić information content (AvgIpc) is 3.14. The summed E-state index contributed by atoms with van der Waals surface area (Å²) in [6.45, 7) is 4.49. The summed E-state index contributed by atoms with van der Waals surface area (Å²) in [7, 11) is 1.57. The number of fused-ring (bicyclic) bond motifs is 1. The first-order valence-electron chi connectivity index (χ1n) is 7.91. The van der Waals surface area contributed by atoms with Crippen molar-refractivity contribution in [3.05, 3.63) is 35.0 Å². The first-order valence-corrected chi connectivity index (χ1v) is 7.91. The topological polar surface area (TPSA) is 82.2 Å². The SMILES string of the molecule is COCc1cc(C(=O)NC2CCCc3cn(C(C)C)nc32)no1. The maximum absolute atomic E-state index is 12.4. The fraction of sp³-hybridized carbons (Fsp3) is 0.562. The van der Waals surface area contributed by atoms with E-state index in [1.807, 2.05) is 4.68 Å². The highest BCUT2D eigenvalue weighted by Crippen LogP contribution is 2.29. The van der Waals surface area contributed by atoms with Crippen LogP contribution in [-0.4, -0.2) is 28.0 Å². The van der Waals surface area contributed by atoms with Crippen LogP contribution in [0, 0.1) is 0 Å². The Hall–Kier alpha value is -2.15. The second-order valence-corrected chi connectivity index (χ2v) is 6.14. The molecule has 7 heteroatoms. The molecular formula is C16H22N4O3. The predicted octanol–water partition coefficient (Wildman–Crippen LogP) is 2.41. The van der Waals surface area contributed by atoms with Gasteiger partial charge in [-0.1, -0.05) is 5.16 Å². The molecule has 1 amide bonds. The van der Waals surface area contributed by atoms with Gasteiger partial charge in [-0.15, -0.1) is 0 Å². The largest absolute Gasteiger partial charge is 0.377 e. The maximum atomic E-state index is 12.4. The van der Waals surface area contributed by atoms with E-state index in [4.69, 9.17) is 9.26 Å². The average molecular weight is 318 g/mol. The molecule has 1 aliphatic rings. The summed E-state index contributed by atoms with van der Waals surface area (Å²) in [6.07, 6.45) is 5.02. The number of nitrogens with one attached hydrogen (secondary N) is 1. The van der Waals surface area contributed by atoms with Crippen LogP contribution in [-0.2, 0) is 17.8 Å². The second kappa shape index (κ2) is 6.54. The summed E-state index contributed by atoms with van der Waals surface area (Å²) >= 11 is 0. The molecule has 1 unspecified atom stereocenters. The van der Waals surface area contributed by atoms with Crippen LogP contribution in [0.15, 0.2) is 16.8 Å². The van der Waals surface area contributed by atoms with Crippen LogP contribution in [0.1, 0.15) is 66.3 Å². The van der Waals surface area contributed by atoms with Crippen molar-refractivity contribution in [2.45, 2.75) is 51.8 Å². The Morgan fingerprint density at radius 1 is 1.57 bits per heavy atom. The molecule has 0 spiro atoms. The van der Waals surface area contributed by atoms with E-state index in [2.05, 4.69) is 35.6 Å². The van der Waals surface area contributed by atoms with Gasteiger partial charge < -0.3 is 14.6 Å². The number of hydrogen-bond donors (Lipinski definition) is 1. The molecule has 7 nitrogen and oxygen atoms in total. The van der Waals surface area contributed by atoms with Gasteiger partial charge in [-0.2, -0.15) is 5.10 Å². The van der Waals surface area contributed by atoms with E-state index in [1.165, 1.54) is 5.56 Å². The molecule has 0 aromatic carbocycles. The zero-order chi connectivity index (χ0) is 16.4. The number of amides is 1. The Bertz CT molecular complexity index is 689. The minimum absolute atomic E-state index is 0.0752. The van der Waals surface area contributed by atoms with Gasteiger partial charge in [-0.25, -0.2) is 0 Å². The quantitative estimate of drug-likeness (QED) is 0.915. The molecule has 124 valence electrons. The van der Waals surface area contributed by atoms with Gasteiger partial charge in [0.25, 0.3) is 5.91 Å². The van der Waals surface area contributed by atoms with Gasteiger partial charge in [0.2, 0.25) is 0 Å². The molecule has 1 aliphatic carbocycles. The summed E-state index contributed by atoms with van der Waals surface area (Å²) in [5.41, 5.74) is 2.46. The predicted molar refractivity (Wildman–Crippen MR) is 83.0 cm³/mol. The monoisotopic (exact) mass is 318 g/mol. The highest BCUT2D eigenvalue weighted by atomic mass is 16.5. The van der Waals surface area contributed by atoms with Crippen LogP contribution >= 0.6 is 0 Å². The molecule has 2 heterocycles. The zero-order valence-electron chi connectivity index (χ0n) is 13.7. The van der Waals surface area contributed by atoms with Crippen LogP contribution in [0.2, 0.25) is 0 Å². The number of nitrogens with zero attached hydrogens (tertiary/aromatic N) is 3. The van der Waals surface area contributed by atoms with E-state index in [9.17, 15) is 4.79 Å². The normalized spacial score (nSPS) is 17.3. The number of rotatable bonds is 5. The Kier molecular flexibility index (Phi) is 4.47. The summed E-state index contributed by atoms with van der Waals surface area (Å²) in [5.74, 6) is 0.291. The van der Waals surface area contributed by atoms with Crippen molar-refractivity contribution in [2.24, 2.45) is 0 Å². The molecule has 3 rings (SSSR count). The minimum atomic E-state index is -0.243. The van der Waals surface area contributed by atoms with Gasteiger partial charge in [-0.3, -0.25) is 9.48 Å². The Balaban J connectivity index is 1.74. The first kappa shape index (κ1) is 15.7. The van der Waals surface area contributed by atoms with Crippen molar-refractivity contribution < 1.29 is 14.1 Å². The summed E-state index contributed by atoms with van der Waals surface area (Å²) in [4.78, 5) is 12.4. The Labute approximate surface area is 135 Å². The van der Waals surface area contributed by atoms with Crippen molar-refractivity contribution in [1.82, 2.24) is 20.3 Å². The Morgan fingerprint density at radius 2 is 2.39 bits per heavy atom. The van der Waals surface area contributed by atoms with Gasteiger partial charge in [-0.05, 0) is 38.7 Å². The highest BCUT2D eigenvalue weighted by Gasteiger charge is 2.27. The lowest BCUT2D eigenvalue weighted by atomic mass is 9.93. The van der Waals surface area contributed by atoms with E-state index >= 15 is 0 Å². The van der Waals surface area contributed by atoms with Gasteiger partial charge in [0.05, 0.1) is 11.7 Å². The Morgan fingerprint density at radius 3 is 3.13 bits per heavy atom. The minimum Gasteiger partial charge on any atom is -0.377 e. The van der Waals surface area contributed by atoms with Crippen LogP contribution in [0.3, 0.4) is 0 Å². The number of aromatic nitrogens is 3. The lowest BCUT2D eigenvalue weighted by Gasteiger charge is -2.21. The molecule has 0 fully saturated rings. The van der Waals surface area contributed by atoms with Crippen LogP contribution in [0.4, 0.5) is 0 Å². The number of carbonyl (C=O) groups excluding carboxylic acids is 1. The van der Waals surface area contributed by atoms with E-state index in [1.54, 1.807) is 13.2 Å². The summed E-state index contributed by atoms with van der Waals surface area (Å²) < 4.78 is 12.0. The molecular weight excluding hydrogens is 296 g/mol. The molecule has 2 aromatic rings. The third-order valence-electron chi connectivity index (χ3n) is 4.02. The lowest BCUT2D eigenvalue weighted by molar-refractivity contribution is 0.0921. The molecule has 0 aliphatic heterocycles. The molecule has 0 radical (unpaired) electrons. The van der Waals surface area contributed by atoms with E-state index in [0.717, 1.165) is 25.0 Å². The van der Waals surface area contributed by atoms with E-state index in [-0.39, 0.29) is 17.6 Å². The van der Waals surface area contributed by atoms with E-state index < -0.39 is 0 Å². The molecule has 0 bridgehead atoms. The van der Waals surface area contributed by atoms with Gasteiger partial charge >= 0.3 is 0 Å². The van der Waals surface area contributed by atoms with Crippen molar-refractivity contribution >= 4 is 5.91 Å². The standard InChI is InChI=1S/C16H22N4O3/c1-10(2)20-8-11-5-4-6-13(15(11)18-20)17-16(21)14-7-12(9-22-3)23-19-14/h7-8,10,13H,4-6,9H2,1-3H3,(H,17,21).